The van der Waals surface area contributed by atoms with Crippen molar-refractivity contribution in [3.63, 3.8) is 0 Å². The minimum atomic E-state index is 0.328. The van der Waals surface area contributed by atoms with Crippen LogP contribution in [0.2, 0.25) is 0 Å². The third kappa shape index (κ3) is 1.72. The van der Waals surface area contributed by atoms with Crippen LogP contribution in [0.5, 0.6) is 0 Å². The van der Waals surface area contributed by atoms with Gasteiger partial charge in [0, 0.05) is 11.5 Å². The highest BCUT2D eigenvalue weighted by Gasteiger charge is 2.39. The molecule has 3 N–H and O–H groups in total. The van der Waals surface area contributed by atoms with Crippen LogP contribution in [0.4, 0.5) is 0 Å². The Morgan fingerprint density at radius 2 is 2.27 bits per heavy atom. The van der Waals surface area contributed by atoms with Crippen molar-refractivity contribution in [1.82, 2.24) is 5.32 Å². The van der Waals surface area contributed by atoms with Crippen LogP contribution in [0, 0.1) is 5.41 Å². The van der Waals surface area contributed by atoms with Gasteiger partial charge in [0.1, 0.15) is 0 Å². The van der Waals surface area contributed by atoms with Crippen molar-refractivity contribution < 1.29 is 4.74 Å². The lowest BCUT2D eigenvalue weighted by Crippen LogP contribution is -2.54. The summed E-state index contributed by atoms with van der Waals surface area (Å²) in [6.07, 6.45) is 1.04. The maximum atomic E-state index is 5.50. The van der Waals surface area contributed by atoms with Gasteiger partial charge in [-0.3, -0.25) is 0 Å². The predicted molar refractivity (Wildman–Crippen MR) is 45.4 cm³/mol. The van der Waals surface area contributed by atoms with Crippen molar-refractivity contribution in [2.75, 3.05) is 26.8 Å². The van der Waals surface area contributed by atoms with Crippen molar-refractivity contribution in [2.45, 2.75) is 19.4 Å². The third-order valence-electron chi connectivity index (χ3n) is 2.51. The standard InChI is InChI=1S/C8H18N2O/c1-8(5-11-6-8)7(10-2)3-4-9/h7,10H,3-6,9H2,1-2H3. The number of nitrogens with one attached hydrogen (secondary N) is 1. The van der Waals surface area contributed by atoms with Gasteiger partial charge in [0.15, 0.2) is 0 Å². The molecule has 3 nitrogen and oxygen atoms in total. The van der Waals surface area contributed by atoms with Crippen LogP contribution in [0.25, 0.3) is 0 Å². The average Bonchev–Trinajstić information content (AvgIpc) is 1.96. The predicted octanol–water partition coefficient (Wildman–Crippen LogP) is -0.0403. The highest BCUT2D eigenvalue weighted by atomic mass is 16.5. The molecule has 1 aliphatic rings. The molecule has 0 aliphatic carbocycles. The topological polar surface area (TPSA) is 47.3 Å². The Balaban J connectivity index is 2.39. The highest BCUT2D eigenvalue weighted by Crippen LogP contribution is 2.31. The number of hydrogen-bond donors (Lipinski definition) is 2. The van der Waals surface area contributed by atoms with Gasteiger partial charge in [-0.1, -0.05) is 6.92 Å². The molecule has 1 heterocycles. The lowest BCUT2D eigenvalue weighted by Gasteiger charge is -2.44. The molecule has 3 heteroatoms. The normalized spacial score (nSPS) is 24.3. The Hall–Kier alpha value is -0.120. The molecule has 1 rings (SSSR count). The Morgan fingerprint density at radius 3 is 2.55 bits per heavy atom. The van der Waals surface area contributed by atoms with Gasteiger partial charge in [-0.2, -0.15) is 0 Å². The van der Waals surface area contributed by atoms with Crippen LogP contribution < -0.4 is 11.1 Å². The Labute approximate surface area is 68.3 Å². The SMILES string of the molecule is CNC(CCN)C1(C)COC1. The molecule has 0 saturated carbocycles. The lowest BCUT2D eigenvalue weighted by molar-refractivity contribution is -0.120. The molecule has 0 aromatic rings. The van der Waals surface area contributed by atoms with Crippen molar-refractivity contribution >= 4 is 0 Å². The summed E-state index contributed by atoms with van der Waals surface area (Å²) in [5, 5.41) is 3.29. The van der Waals surface area contributed by atoms with E-state index < -0.39 is 0 Å². The fraction of sp³-hybridized carbons (Fsp3) is 1.00. The van der Waals surface area contributed by atoms with E-state index >= 15 is 0 Å². The largest absolute Gasteiger partial charge is 0.380 e. The van der Waals surface area contributed by atoms with Crippen LogP contribution in [-0.2, 0) is 4.74 Å². The molecule has 11 heavy (non-hydrogen) atoms. The zero-order valence-electron chi connectivity index (χ0n) is 7.39. The van der Waals surface area contributed by atoms with Crippen molar-refractivity contribution in [2.24, 2.45) is 11.1 Å². The zero-order valence-corrected chi connectivity index (χ0v) is 7.39. The second kappa shape index (κ2) is 3.52. The summed E-state index contributed by atoms with van der Waals surface area (Å²) in [5.41, 5.74) is 5.83. The van der Waals surface area contributed by atoms with E-state index in [1.807, 2.05) is 7.05 Å². The molecule has 0 aromatic carbocycles. The molecule has 1 saturated heterocycles. The fourth-order valence-corrected chi connectivity index (χ4v) is 1.63. The van der Waals surface area contributed by atoms with E-state index in [4.69, 9.17) is 10.5 Å². The minimum absolute atomic E-state index is 0.328. The number of nitrogens with two attached hydrogens (primary N) is 1. The van der Waals surface area contributed by atoms with E-state index in [1.165, 1.54) is 0 Å². The Kier molecular flexibility index (Phi) is 2.87. The van der Waals surface area contributed by atoms with Gasteiger partial charge >= 0.3 is 0 Å². The molecule has 0 radical (unpaired) electrons. The maximum Gasteiger partial charge on any atom is 0.0557 e. The second-order valence-corrected chi connectivity index (χ2v) is 3.57. The minimum Gasteiger partial charge on any atom is -0.380 e. The fourth-order valence-electron chi connectivity index (χ4n) is 1.63. The summed E-state index contributed by atoms with van der Waals surface area (Å²) in [4.78, 5) is 0. The smallest absolute Gasteiger partial charge is 0.0557 e. The zero-order chi connectivity index (χ0) is 8.32. The van der Waals surface area contributed by atoms with Crippen molar-refractivity contribution in [3.8, 4) is 0 Å². The first-order valence-corrected chi connectivity index (χ1v) is 4.18. The summed E-state index contributed by atoms with van der Waals surface area (Å²) in [6, 6.07) is 0.515. The monoisotopic (exact) mass is 158 g/mol. The van der Waals surface area contributed by atoms with Crippen molar-refractivity contribution in [3.05, 3.63) is 0 Å². The molecule has 0 spiro atoms. The van der Waals surface area contributed by atoms with Crippen LogP contribution >= 0.6 is 0 Å². The summed E-state index contributed by atoms with van der Waals surface area (Å²) in [7, 11) is 1.99. The Bertz CT molecular complexity index is 123. The first kappa shape index (κ1) is 8.97. The summed E-state index contributed by atoms with van der Waals surface area (Å²) in [6.45, 7) is 4.74. The van der Waals surface area contributed by atoms with Gasteiger partial charge in [0.05, 0.1) is 13.2 Å². The van der Waals surface area contributed by atoms with E-state index in [1.54, 1.807) is 0 Å². The molecule has 66 valence electrons. The first-order valence-electron chi connectivity index (χ1n) is 4.18. The number of rotatable bonds is 4. The van der Waals surface area contributed by atoms with Gasteiger partial charge in [-0.25, -0.2) is 0 Å². The molecular weight excluding hydrogens is 140 g/mol. The second-order valence-electron chi connectivity index (χ2n) is 3.57. The molecule has 0 aromatic heterocycles. The number of hydrogen-bond acceptors (Lipinski definition) is 3. The molecule has 1 unspecified atom stereocenters. The maximum absolute atomic E-state index is 5.50. The quantitative estimate of drug-likeness (QED) is 0.603. The summed E-state index contributed by atoms with van der Waals surface area (Å²) < 4.78 is 5.19. The van der Waals surface area contributed by atoms with Crippen LogP contribution in [0.1, 0.15) is 13.3 Å². The lowest BCUT2D eigenvalue weighted by atomic mass is 9.79. The molecule has 1 fully saturated rings. The molecular formula is C8H18N2O. The van der Waals surface area contributed by atoms with Gasteiger partial charge in [-0.15, -0.1) is 0 Å². The Morgan fingerprint density at radius 1 is 1.64 bits per heavy atom. The molecule has 1 aliphatic heterocycles. The molecule has 0 amide bonds. The first-order chi connectivity index (χ1) is 5.23. The van der Waals surface area contributed by atoms with E-state index in [2.05, 4.69) is 12.2 Å². The van der Waals surface area contributed by atoms with Gasteiger partial charge in [0.2, 0.25) is 0 Å². The number of ether oxygens (including phenoxy) is 1. The van der Waals surface area contributed by atoms with E-state index in [9.17, 15) is 0 Å². The average molecular weight is 158 g/mol. The van der Waals surface area contributed by atoms with E-state index in [0.29, 0.717) is 11.5 Å². The molecule has 0 bridgehead atoms. The summed E-state index contributed by atoms with van der Waals surface area (Å²) in [5.74, 6) is 0. The van der Waals surface area contributed by atoms with Crippen LogP contribution in [-0.4, -0.2) is 32.8 Å². The third-order valence-corrected chi connectivity index (χ3v) is 2.51. The summed E-state index contributed by atoms with van der Waals surface area (Å²) >= 11 is 0. The van der Waals surface area contributed by atoms with Gasteiger partial charge < -0.3 is 15.8 Å². The van der Waals surface area contributed by atoms with E-state index in [0.717, 1.165) is 26.2 Å². The van der Waals surface area contributed by atoms with Crippen LogP contribution in [0.15, 0.2) is 0 Å². The van der Waals surface area contributed by atoms with Crippen molar-refractivity contribution in [1.29, 1.82) is 0 Å². The molecule has 1 atom stereocenters. The van der Waals surface area contributed by atoms with Gasteiger partial charge in [0.25, 0.3) is 0 Å². The highest BCUT2D eigenvalue weighted by molar-refractivity contribution is 4.91. The van der Waals surface area contributed by atoms with E-state index in [-0.39, 0.29) is 0 Å². The van der Waals surface area contributed by atoms with Gasteiger partial charge in [-0.05, 0) is 20.0 Å². The van der Waals surface area contributed by atoms with Crippen LogP contribution in [0.3, 0.4) is 0 Å².